The van der Waals surface area contributed by atoms with E-state index >= 15 is 4.39 Å². The minimum absolute atomic E-state index is 0.143. The van der Waals surface area contributed by atoms with Crippen molar-refractivity contribution in [3.63, 3.8) is 0 Å². The molecule has 0 aliphatic heterocycles. The van der Waals surface area contributed by atoms with E-state index in [4.69, 9.17) is 9.47 Å². The average Bonchev–Trinajstić information content (AvgIpc) is 3.27. The summed E-state index contributed by atoms with van der Waals surface area (Å²) in [6.07, 6.45) is 5.96. The number of aromatic nitrogens is 4. The highest BCUT2D eigenvalue weighted by atomic mass is 32.1. The molecule has 0 unspecified atom stereocenters. The van der Waals surface area contributed by atoms with Crippen LogP contribution < -0.4 is 14.8 Å². The fourth-order valence-electron chi connectivity index (χ4n) is 3.90. The van der Waals surface area contributed by atoms with Crippen molar-refractivity contribution in [2.24, 2.45) is 5.92 Å². The molecule has 3 aromatic rings. The molecule has 1 amide bonds. The van der Waals surface area contributed by atoms with Gasteiger partial charge in [0.05, 0.1) is 42.8 Å². The van der Waals surface area contributed by atoms with Gasteiger partial charge < -0.3 is 14.6 Å². The number of methoxy groups -OCH3 is 1. The van der Waals surface area contributed by atoms with Crippen LogP contribution in [0.25, 0.3) is 11.1 Å². The van der Waals surface area contributed by atoms with E-state index in [0.29, 0.717) is 29.0 Å². The van der Waals surface area contributed by atoms with Crippen molar-refractivity contribution in [1.29, 1.82) is 0 Å². The Hall–Kier alpha value is -3.18. The fourth-order valence-corrected chi connectivity index (χ4v) is 4.50. The number of carbonyl (C=O) groups excluding carboxylic acids is 1. The van der Waals surface area contributed by atoms with Crippen molar-refractivity contribution >= 4 is 22.4 Å². The summed E-state index contributed by atoms with van der Waals surface area (Å²) in [5.41, 5.74) is 1.45. The minimum Gasteiger partial charge on any atom is -0.494 e. The summed E-state index contributed by atoms with van der Waals surface area (Å²) < 4.78 is 26.1. The average molecular weight is 488 g/mol. The number of nitrogens with zero attached hydrogens (tertiary/aromatic N) is 4. The van der Waals surface area contributed by atoms with Crippen LogP contribution in [0.2, 0.25) is 0 Å². The van der Waals surface area contributed by atoms with Crippen LogP contribution in [0.5, 0.6) is 10.9 Å². The second-order valence-corrected chi connectivity index (χ2v) is 9.23. The predicted octanol–water partition coefficient (Wildman–Crippen LogP) is 3.94. The molecule has 0 spiro atoms. The van der Waals surface area contributed by atoms with Crippen molar-refractivity contribution in [3.8, 4) is 22.1 Å². The van der Waals surface area contributed by atoms with E-state index in [1.165, 1.54) is 19.5 Å². The van der Waals surface area contributed by atoms with Gasteiger partial charge in [0.2, 0.25) is 5.13 Å². The number of amides is 1. The van der Waals surface area contributed by atoms with Crippen molar-refractivity contribution in [2.45, 2.75) is 45.6 Å². The first-order chi connectivity index (χ1) is 16.4. The molecule has 0 atom stereocenters. The van der Waals surface area contributed by atoms with Gasteiger partial charge in [0, 0.05) is 17.5 Å². The third-order valence-electron chi connectivity index (χ3n) is 5.82. The zero-order valence-electron chi connectivity index (χ0n) is 19.2. The molecule has 34 heavy (non-hydrogen) atoms. The second-order valence-electron chi connectivity index (χ2n) is 8.29. The van der Waals surface area contributed by atoms with Gasteiger partial charge in [0.1, 0.15) is 5.75 Å². The topological polar surface area (TPSA) is 119 Å². The molecule has 0 saturated heterocycles. The molecular weight excluding hydrogens is 461 g/mol. The fraction of sp³-hybridized carbons (Fsp3) is 0.435. The molecule has 2 N–H and O–H groups in total. The summed E-state index contributed by atoms with van der Waals surface area (Å²) in [6.45, 7) is 3.79. The molecule has 9 nitrogen and oxygen atoms in total. The molecule has 3 aromatic heterocycles. The number of aliphatic hydroxyl groups is 1. The van der Waals surface area contributed by atoms with Gasteiger partial charge in [0.25, 0.3) is 11.1 Å². The maximum atomic E-state index is 15.1. The van der Waals surface area contributed by atoms with Crippen LogP contribution in [0.15, 0.2) is 18.5 Å². The van der Waals surface area contributed by atoms with Crippen molar-refractivity contribution < 1.29 is 23.8 Å². The summed E-state index contributed by atoms with van der Waals surface area (Å²) in [5.74, 6) is -0.506. The van der Waals surface area contributed by atoms with E-state index in [2.05, 4.69) is 25.5 Å². The number of pyridine rings is 2. The molecule has 3 heterocycles. The molecule has 0 bridgehead atoms. The zero-order chi connectivity index (χ0) is 24.2. The monoisotopic (exact) mass is 487 g/mol. The number of carbonyl (C=O) groups is 1. The molecule has 1 saturated carbocycles. The van der Waals surface area contributed by atoms with Gasteiger partial charge in [-0.15, -0.1) is 5.10 Å². The van der Waals surface area contributed by atoms with Crippen LogP contribution in [-0.4, -0.2) is 51.0 Å². The number of hydrogen-bond acceptors (Lipinski definition) is 9. The maximum absolute atomic E-state index is 15.1. The summed E-state index contributed by atoms with van der Waals surface area (Å²) in [5, 5.41) is 20.9. The van der Waals surface area contributed by atoms with Crippen molar-refractivity contribution in [1.82, 2.24) is 20.2 Å². The number of rotatable bonds is 7. The molecule has 1 aliphatic rings. The lowest BCUT2D eigenvalue weighted by molar-refractivity contribution is 0.0915. The largest absolute Gasteiger partial charge is 0.494 e. The SMILES string of the molecule is COc1cnc(C)c(F)c1-c1cc(C)ncc1C(=O)Nc1nnc(OCC2CCC(O)CC2)s1. The summed E-state index contributed by atoms with van der Waals surface area (Å²) in [4.78, 5) is 21.3. The Bertz CT molecular complexity index is 1180. The normalized spacial score (nSPS) is 17.9. The first-order valence-electron chi connectivity index (χ1n) is 11.0. The van der Waals surface area contributed by atoms with Crippen LogP contribution in [0.1, 0.15) is 47.4 Å². The second kappa shape index (κ2) is 10.4. The van der Waals surface area contributed by atoms with Crippen LogP contribution in [-0.2, 0) is 0 Å². The first kappa shape index (κ1) is 24.0. The smallest absolute Gasteiger partial charge is 0.295 e. The Kier molecular flexibility index (Phi) is 7.32. The third-order valence-corrected chi connectivity index (χ3v) is 6.57. The van der Waals surface area contributed by atoms with E-state index in [0.717, 1.165) is 37.0 Å². The Morgan fingerprint density at radius 1 is 1.21 bits per heavy atom. The highest BCUT2D eigenvalue weighted by Gasteiger charge is 2.24. The lowest BCUT2D eigenvalue weighted by atomic mass is 9.88. The summed E-state index contributed by atoms with van der Waals surface area (Å²) >= 11 is 1.11. The standard InChI is InChI=1S/C23H26FN5O4S/c1-12-8-16(19-18(32-3)10-26-13(2)20(19)24)17(9-25-12)21(31)27-22-28-29-23(34-22)33-11-14-4-6-15(30)7-5-14/h8-10,14-15,30H,4-7,11H2,1-3H3,(H,27,28,31). The highest BCUT2D eigenvalue weighted by Crippen LogP contribution is 2.36. The number of nitrogens with one attached hydrogen (secondary N) is 1. The van der Waals surface area contributed by atoms with Gasteiger partial charge in [-0.25, -0.2) is 4.39 Å². The lowest BCUT2D eigenvalue weighted by Crippen LogP contribution is -2.22. The number of hydrogen-bond donors (Lipinski definition) is 2. The van der Waals surface area contributed by atoms with Crippen LogP contribution in [0.3, 0.4) is 0 Å². The van der Waals surface area contributed by atoms with Gasteiger partial charge >= 0.3 is 0 Å². The third kappa shape index (κ3) is 5.31. The number of anilines is 1. The van der Waals surface area contributed by atoms with E-state index in [9.17, 15) is 9.90 Å². The molecule has 4 rings (SSSR count). The summed E-state index contributed by atoms with van der Waals surface area (Å²) in [7, 11) is 1.42. The quantitative estimate of drug-likeness (QED) is 0.514. The Morgan fingerprint density at radius 2 is 1.97 bits per heavy atom. The number of halogens is 1. The van der Waals surface area contributed by atoms with Crippen molar-refractivity contribution in [3.05, 3.63) is 41.2 Å². The number of aliphatic hydroxyl groups excluding tert-OH is 1. The van der Waals surface area contributed by atoms with Gasteiger partial charge in [-0.2, -0.15) is 0 Å². The Balaban J connectivity index is 1.51. The van der Waals surface area contributed by atoms with Gasteiger partial charge in [-0.05, 0) is 62.9 Å². The summed E-state index contributed by atoms with van der Waals surface area (Å²) in [6, 6.07) is 1.63. The van der Waals surface area contributed by atoms with E-state index < -0.39 is 11.7 Å². The van der Waals surface area contributed by atoms with Crippen molar-refractivity contribution in [2.75, 3.05) is 19.0 Å². The molecule has 0 radical (unpaired) electrons. The van der Waals surface area contributed by atoms with E-state index in [-0.39, 0.29) is 33.8 Å². The Labute approximate surface area is 200 Å². The molecule has 1 aliphatic carbocycles. The molecule has 1 fully saturated rings. The first-order valence-corrected chi connectivity index (χ1v) is 11.8. The minimum atomic E-state index is -0.569. The molecule has 0 aromatic carbocycles. The highest BCUT2D eigenvalue weighted by molar-refractivity contribution is 7.17. The number of ether oxygens (including phenoxy) is 2. The van der Waals surface area contributed by atoms with E-state index in [1.807, 2.05) is 0 Å². The van der Waals surface area contributed by atoms with E-state index in [1.54, 1.807) is 19.9 Å². The van der Waals surface area contributed by atoms with Crippen LogP contribution in [0.4, 0.5) is 9.52 Å². The zero-order valence-corrected chi connectivity index (χ0v) is 20.0. The van der Waals surface area contributed by atoms with Crippen LogP contribution in [0, 0.1) is 25.6 Å². The number of aryl methyl sites for hydroxylation is 2. The maximum Gasteiger partial charge on any atom is 0.295 e. The molecule has 180 valence electrons. The predicted molar refractivity (Wildman–Crippen MR) is 125 cm³/mol. The van der Waals surface area contributed by atoms with Gasteiger partial charge in [-0.3, -0.25) is 20.1 Å². The van der Waals surface area contributed by atoms with Gasteiger partial charge in [0.15, 0.2) is 5.82 Å². The lowest BCUT2D eigenvalue weighted by Gasteiger charge is -2.24. The van der Waals surface area contributed by atoms with Crippen LogP contribution >= 0.6 is 11.3 Å². The molecular formula is C23H26FN5O4S. The van der Waals surface area contributed by atoms with Gasteiger partial charge in [-0.1, -0.05) is 5.10 Å². The molecule has 11 heteroatoms. The Morgan fingerprint density at radius 3 is 2.71 bits per heavy atom.